The Morgan fingerprint density at radius 3 is 0.872 bits per heavy atom. The minimum atomic E-state index is -4.94. The molecule has 17 nitrogen and oxygen atoms in total. The van der Waals surface area contributed by atoms with E-state index in [9.17, 15) is 43.2 Å². The van der Waals surface area contributed by atoms with Gasteiger partial charge in [0.1, 0.15) is 19.3 Å². The summed E-state index contributed by atoms with van der Waals surface area (Å²) in [4.78, 5) is 71.7. The maximum absolute atomic E-state index is 12.9. The first-order valence-electron chi connectivity index (χ1n) is 31.1. The van der Waals surface area contributed by atoms with E-state index in [4.69, 9.17) is 37.0 Å². The first-order chi connectivity index (χ1) is 37.5. The number of phosphoric acid groups is 2. The Morgan fingerprint density at radius 2 is 0.590 bits per heavy atom. The van der Waals surface area contributed by atoms with Gasteiger partial charge in [0.15, 0.2) is 12.2 Å². The molecule has 0 amide bonds. The lowest BCUT2D eigenvalue weighted by atomic mass is 10.0. The molecule has 0 rings (SSSR count). The topological polar surface area (TPSA) is 237 Å². The fourth-order valence-electron chi connectivity index (χ4n) is 8.70. The number of aliphatic hydroxyl groups is 1. The normalized spacial score (nSPS) is 14.4. The predicted molar refractivity (Wildman–Crippen MR) is 308 cm³/mol. The number of carbonyl (C=O) groups is 4. The molecule has 0 saturated carbocycles. The minimum absolute atomic E-state index is 0.105. The van der Waals surface area contributed by atoms with Crippen LogP contribution in [0, 0.1) is 5.92 Å². The summed E-state index contributed by atoms with van der Waals surface area (Å²) in [6, 6.07) is 0. The van der Waals surface area contributed by atoms with Crippen molar-refractivity contribution in [2.24, 2.45) is 5.92 Å². The number of hydrogen-bond donors (Lipinski definition) is 3. The van der Waals surface area contributed by atoms with E-state index in [1.807, 2.05) is 0 Å². The van der Waals surface area contributed by atoms with Gasteiger partial charge in [-0.3, -0.25) is 37.3 Å². The molecule has 462 valence electrons. The van der Waals surface area contributed by atoms with Gasteiger partial charge in [-0.1, -0.05) is 240 Å². The van der Waals surface area contributed by atoms with Gasteiger partial charge in [0, 0.05) is 25.7 Å². The van der Waals surface area contributed by atoms with Crippen molar-refractivity contribution in [3.8, 4) is 0 Å². The van der Waals surface area contributed by atoms with Crippen LogP contribution in [0.2, 0.25) is 0 Å². The Hall–Kier alpha value is -1.94. The third-order valence-corrected chi connectivity index (χ3v) is 15.4. The van der Waals surface area contributed by atoms with Crippen LogP contribution in [-0.4, -0.2) is 96.7 Å². The van der Waals surface area contributed by atoms with Gasteiger partial charge in [0.05, 0.1) is 26.4 Å². The number of unbranched alkanes of at least 4 members (excludes halogenated alkanes) is 31. The lowest BCUT2D eigenvalue weighted by molar-refractivity contribution is -0.161. The second-order valence-electron chi connectivity index (χ2n) is 21.9. The molecule has 0 aromatic heterocycles. The van der Waals surface area contributed by atoms with Crippen molar-refractivity contribution in [3.05, 3.63) is 0 Å². The molecule has 0 radical (unpaired) electrons. The van der Waals surface area contributed by atoms with Crippen LogP contribution in [0.5, 0.6) is 0 Å². The third-order valence-electron chi connectivity index (χ3n) is 13.5. The highest BCUT2D eigenvalue weighted by atomic mass is 31.2. The average molecular weight is 1160 g/mol. The molecule has 0 aromatic rings. The van der Waals surface area contributed by atoms with E-state index in [0.29, 0.717) is 25.7 Å². The Bertz CT molecular complexity index is 1530. The molecule has 0 fully saturated rings. The number of esters is 4. The molecule has 0 heterocycles. The summed E-state index contributed by atoms with van der Waals surface area (Å²) in [5, 5.41) is 10.5. The van der Waals surface area contributed by atoms with E-state index in [1.165, 1.54) is 109 Å². The van der Waals surface area contributed by atoms with Crippen molar-refractivity contribution >= 4 is 39.5 Å². The Kier molecular flexibility index (Phi) is 51.8. The Morgan fingerprint density at radius 1 is 0.346 bits per heavy atom. The van der Waals surface area contributed by atoms with Crippen LogP contribution in [0.1, 0.15) is 291 Å². The highest BCUT2D eigenvalue weighted by Gasteiger charge is 2.30. The van der Waals surface area contributed by atoms with E-state index in [-0.39, 0.29) is 25.7 Å². The number of aliphatic hydroxyl groups excluding tert-OH is 1. The van der Waals surface area contributed by atoms with E-state index >= 15 is 0 Å². The van der Waals surface area contributed by atoms with Gasteiger partial charge in [-0.15, -0.1) is 0 Å². The summed E-state index contributed by atoms with van der Waals surface area (Å²) in [7, 11) is -9.87. The first-order valence-corrected chi connectivity index (χ1v) is 34.1. The van der Waals surface area contributed by atoms with Crippen LogP contribution in [0.3, 0.4) is 0 Å². The monoisotopic (exact) mass is 1160 g/mol. The van der Waals surface area contributed by atoms with Gasteiger partial charge in [-0.25, -0.2) is 9.13 Å². The highest BCUT2D eigenvalue weighted by Crippen LogP contribution is 2.45. The fourth-order valence-corrected chi connectivity index (χ4v) is 10.3. The van der Waals surface area contributed by atoms with Gasteiger partial charge < -0.3 is 33.8 Å². The van der Waals surface area contributed by atoms with Crippen molar-refractivity contribution in [1.82, 2.24) is 0 Å². The number of rotatable bonds is 59. The summed E-state index contributed by atoms with van der Waals surface area (Å²) in [5.41, 5.74) is 0. The average Bonchev–Trinajstić information content (AvgIpc) is 3.40. The zero-order valence-electron chi connectivity index (χ0n) is 49.8. The van der Waals surface area contributed by atoms with E-state index in [2.05, 4.69) is 34.6 Å². The maximum Gasteiger partial charge on any atom is 0.472 e. The molecular weight excluding hydrogens is 1040 g/mol. The molecule has 0 saturated heterocycles. The quantitative estimate of drug-likeness (QED) is 0.0222. The molecule has 0 bridgehead atoms. The summed E-state index contributed by atoms with van der Waals surface area (Å²) >= 11 is 0. The van der Waals surface area contributed by atoms with Gasteiger partial charge in [0.2, 0.25) is 0 Å². The highest BCUT2D eigenvalue weighted by molar-refractivity contribution is 7.47. The van der Waals surface area contributed by atoms with Gasteiger partial charge in [-0.2, -0.15) is 0 Å². The van der Waals surface area contributed by atoms with E-state index < -0.39 is 97.5 Å². The van der Waals surface area contributed by atoms with Crippen LogP contribution >= 0.6 is 15.6 Å². The zero-order chi connectivity index (χ0) is 57.8. The smallest absolute Gasteiger partial charge is 0.462 e. The SMILES string of the molecule is CCCCCCCCCCCCC(=O)OC[C@H](COP(=O)(O)OC[C@@H](O)COP(=O)(O)OC[C@@H](COC(=O)CCCCCCC)OC(=O)CCCCCCCCCCCC)OC(=O)CCCCCCCCCCCCC(C)C. The molecule has 3 N–H and O–H groups in total. The molecule has 19 heteroatoms. The molecule has 5 atom stereocenters. The number of ether oxygens (including phenoxy) is 4. The molecule has 78 heavy (non-hydrogen) atoms. The fraction of sp³-hybridized carbons (Fsp3) is 0.932. The summed E-state index contributed by atoms with van der Waals surface area (Å²) in [5.74, 6) is -1.40. The largest absolute Gasteiger partial charge is 0.472 e. The predicted octanol–water partition coefficient (Wildman–Crippen LogP) is 15.8. The maximum atomic E-state index is 12.9. The van der Waals surface area contributed by atoms with Crippen molar-refractivity contribution in [1.29, 1.82) is 0 Å². The third kappa shape index (κ3) is 53.4. The Balaban J connectivity index is 5.18. The molecule has 0 aliphatic rings. The lowest BCUT2D eigenvalue weighted by Crippen LogP contribution is -2.30. The van der Waals surface area contributed by atoms with Crippen LogP contribution in [0.15, 0.2) is 0 Å². The number of phosphoric ester groups is 2. The molecule has 0 spiro atoms. The van der Waals surface area contributed by atoms with Crippen LogP contribution in [0.25, 0.3) is 0 Å². The second kappa shape index (κ2) is 53.1. The standard InChI is InChI=1S/C59H114O17P2/c1-6-9-12-15-17-19-24-28-33-38-43-57(62)70-49-55(76-59(64)45-40-35-30-26-22-21-23-27-32-36-41-52(4)5)51-74-78(67,68)72-47-53(60)46-71-77(65,66)73-50-54(48-69-56(61)42-37-31-14-11-8-3)75-58(63)44-39-34-29-25-20-18-16-13-10-7-2/h52-55,60H,6-51H2,1-5H3,(H,65,66)(H,67,68)/t53-,54+,55+/m0/s1. The summed E-state index contributed by atoms with van der Waals surface area (Å²) in [6.07, 6.45) is 35.1. The van der Waals surface area contributed by atoms with E-state index in [1.54, 1.807) is 0 Å². The first kappa shape index (κ1) is 76.1. The van der Waals surface area contributed by atoms with Gasteiger partial charge in [-0.05, 0) is 31.6 Å². The van der Waals surface area contributed by atoms with Crippen molar-refractivity contribution in [2.45, 2.75) is 310 Å². The van der Waals surface area contributed by atoms with Crippen molar-refractivity contribution in [2.75, 3.05) is 39.6 Å². The van der Waals surface area contributed by atoms with Crippen LogP contribution in [0.4, 0.5) is 0 Å². The van der Waals surface area contributed by atoms with Gasteiger partial charge >= 0.3 is 39.5 Å². The van der Waals surface area contributed by atoms with Crippen molar-refractivity contribution < 1.29 is 80.2 Å². The molecular formula is C59H114O17P2. The second-order valence-corrected chi connectivity index (χ2v) is 24.8. The van der Waals surface area contributed by atoms with Crippen molar-refractivity contribution in [3.63, 3.8) is 0 Å². The van der Waals surface area contributed by atoms with Crippen LogP contribution in [-0.2, 0) is 65.4 Å². The molecule has 0 aromatic carbocycles. The molecule has 0 aliphatic heterocycles. The van der Waals surface area contributed by atoms with Crippen LogP contribution < -0.4 is 0 Å². The lowest BCUT2D eigenvalue weighted by Gasteiger charge is -2.21. The molecule has 0 aliphatic carbocycles. The zero-order valence-corrected chi connectivity index (χ0v) is 51.6. The minimum Gasteiger partial charge on any atom is -0.462 e. The number of hydrogen-bond acceptors (Lipinski definition) is 15. The Labute approximate surface area is 473 Å². The van der Waals surface area contributed by atoms with E-state index in [0.717, 1.165) is 102 Å². The molecule has 2 unspecified atom stereocenters. The number of carbonyl (C=O) groups excluding carboxylic acids is 4. The van der Waals surface area contributed by atoms with Gasteiger partial charge in [0.25, 0.3) is 0 Å². The summed E-state index contributed by atoms with van der Waals surface area (Å²) in [6.45, 7) is 7.04. The summed E-state index contributed by atoms with van der Waals surface area (Å²) < 4.78 is 67.6.